The van der Waals surface area contributed by atoms with Crippen molar-refractivity contribution in [1.29, 1.82) is 0 Å². The number of alkyl halides is 2. The number of carbonyl (C=O) groups excluding carboxylic acids is 1. The molecule has 2 aromatic carbocycles. The van der Waals surface area contributed by atoms with Crippen molar-refractivity contribution < 1.29 is 23.4 Å². The number of aromatic nitrogens is 4. The van der Waals surface area contributed by atoms with Crippen molar-refractivity contribution in [2.45, 2.75) is 51.0 Å². The van der Waals surface area contributed by atoms with Gasteiger partial charge in [-0.1, -0.05) is 18.2 Å². The van der Waals surface area contributed by atoms with Gasteiger partial charge in [0.25, 0.3) is 0 Å². The molecule has 6 rings (SSSR count). The van der Waals surface area contributed by atoms with Crippen molar-refractivity contribution in [3.63, 3.8) is 0 Å². The van der Waals surface area contributed by atoms with Gasteiger partial charge < -0.3 is 19.3 Å². The van der Waals surface area contributed by atoms with Gasteiger partial charge in [0.1, 0.15) is 17.2 Å². The van der Waals surface area contributed by atoms with Gasteiger partial charge in [-0.25, -0.2) is 15.0 Å². The molecule has 0 aliphatic carbocycles. The summed E-state index contributed by atoms with van der Waals surface area (Å²) < 4.78 is 33.7. The van der Waals surface area contributed by atoms with Gasteiger partial charge in [-0.05, 0) is 43.2 Å². The largest absolute Gasteiger partial charge is 0.434 e. The number of ether oxygens (including phenoxy) is 1. The van der Waals surface area contributed by atoms with Gasteiger partial charge in [0.05, 0.1) is 29.5 Å². The zero-order chi connectivity index (χ0) is 26.1. The second-order valence-electron chi connectivity index (χ2n) is 10.1. The zero-order valence-corrected chi connectivity index (χ0v) is 20.5. The lowest BCUT2D eigenvalue weighted by molar-refractivity contribution is -0.131. The lowest BCUT2D eigenvalue weighted by atomic mass is 9.91. The van der Waals surface area contributed by atoms with E-state index < -0.39 is 12.2 Å². The van der Waals surface area contributed by atoms with Crippen LogP contribution in [0.25, 0.3) is 22.2 Å². The quantitative estimate of drug-likeness (QED) is 0.443. The monoisotopic (exact) mass is 505 g/mol. The van der Waals surface area contributed by atoms with Crippen molar-refractivity contribution in [2.75, 3.05) is 7.05 Å². The molecule has 1 N–H and O–H groups in total. The minimum absolute atomic E-state index is 0.0788. The van der Waals surface area contributed by atoms with Gasteiger partial charge in [0.2, 0.25) is 5.91 Å². The number of nitrogens with zero attached hydrogens (tertiary/aromatic N) is 5. The average Bonchev–Trinajstić information content (AvgIpc) is 3.40. The van der Waals surface area contributed by atoms with Gasteiger partial charge in [-0.3, -0.25) is 4.79 Å². The number of aliphatic hydroxyl groups is 1. The molecule has 0 unspecified atom stereocenters. The molecule has 37 heavy (non-hydrogen) atoms. The van der Waals surface area contributed by atoms with Crippen LogP contribution in [0.2, 0.25) is 0 Å². The summed E-state index contributed by atoms with van der Waals surface area (Å²) in [4.78, 5) is 28.3. The van der Waals surface area contributed by atoms with Crippen LogP contribution in [0.1, 0.15) is 55.1 Å². The Hall–Kier alpha value is -3.92. The lowest BCUT2D eigenvalue weighted by Crippen LogP contribution is -2.33. The SMILES string of the molecule is CN1C(=O)Cc2cccc(OC(F)F)c2[C@H]2C[C@@H]1c1nc3ccc(-c4cnc(C(C)(C)O)nc4)cc3n12. The van der Waals surface area contributed by atoms with E-state index in [4.69, 9.17) is 9.72 Å². The average molecular weight is 506 g/mol. The fraction of sp³-hybridized carbons (Fsp3) is 0.333. The molecule has 0 saturated heterocycles. The van der Waals surface area contributed by atoms with Crippen LogP contribution in [0, 0.1) is 0 Å². The number of imidazole rings is 1. The first kappa shape index (κ1) is 23.5. The van der Waals surface area contributed by atoms with Crippen molar-refractivity contribution >= 4 is 16.9 Å². The number of amides is 1. The van der Waals surface area contributed by atoms with Crippen LogP contribution in [-0.4, -0.2) is 49.1 Å². The van der Waals surface area contributed by atoms with E-state index in [0.29, 0.717) is 29.2 Å². The van der Waals surface area contributed by atoms with E-state index in [0.717, 1.165) is 22.2 Å². The summed E-state index contributed by atoms with van der Waals surface area (Å²) in [5.74, 6) is 1.00. The van der Waals surface area contributed by atoms with E-state index in [1.54, 1.807) is 50.3 Å². The Bertz CT molecular complexity index is 1530. The van der Waals surface area contributed by atoms with Crippen LogP contribution >= 0.6 is 0 Å². The molecule has 0 fully saturated rings. The first-order chi connectivity index (χ1) is 17.6. The molecule has 4 heterocycles. The van der Waals surface area contributed by atoms with E-state index in [1.807, 2.05) is 22.8 Å². The van der Waals surface area contributed by atoms with Gasteiger partial charge >= 0.3 is 6.61 Å². The minimum Gasteiger partial charge on any atom is -0.434 e. The third kappa shape index (κ3) is 3.83. The number of benzene rings is 2. The maximum absolute atomic E-state index is 13.3. The van der Waals surface area contributed by atoms with E-state index in [1.165, 1.54) is 6.07 Å². The molecule has 190 valence electrons. The molecule has 2 aliphatic rings. The van der Waals surface area contributed by atoms with Crippen LogP contribution < -0.4 is 4.74 Å². The van der Waals surface area contributed by atoms with E-state index in [2.05, 4.69) is 9.97 Å². The molecular formula is C27H25F2N5O3. The highest BCUT2D eigenvalue weighted by Gasteiger charge is 2.42. The smallest absolute Gasteiger partial charge is 0.387 e. The number of hydrogen-bond acceptors (Lipinski definition) is 6. The number of likely N-dealkylation sites (N-methyl/N-ethyl adjacent to an activating group) is 1. The molecule has 0 spiro atoms. The molecule has 2 aromatic heterocycles. The van der Waals surface area contributed by atoms with Gasteiger partial charge in [-0.15, -0.1) is 0 Å². The Morgan fingerprint density at radius 3 is 2.57 bits per heavy atom. The van der Waals surface area contributed by atoms with E-state index >= 15 is 0 Å². The summed E-state index contributed by atoms with van der Waals surface area (Å²) in [6, 6.07) is 10.1. The van der Waals surface area contributed by atoms with E-state index in [9.17, 15) is 18.7 Å². The van der Waals surface area contributed by atoms with Crippen LogP contribution in [0.15, 0.2) is 48.8 Å². The molecular weight excluding hydrogens is 480 g/mol. The van der Waals surface area contributed by atoms with Crippen molar-refractivity contribution in [3.05, 3.63) is 71.6 Å². The second-order valence-corrected chi connectivity index (χ2v) is 10.1. The highest BCUT2D eigenvalue weighted by molar-refractivity contribution is 5.85. The Morgan fingerprint density at radius 1 is 1.11 bits per heavy atom. The standard InChI is InChI=1S/C27H25F2N5O3/c1-27(2,36)25-30-12-16(13-31-25)14-7-8-17-18(9-14)34-19-11-20(24(34)32-17)33(3)22(35)10-15-5-4-6-21(23(15)19)37-26(28)29/h4-9,12-13,19-20,26,36H,10-11H2,1-3H3/t19-,20-/m1/s1. The van der Waals surface area contributed by atoms with Gasteiger partial charge in [0, 0.05) is 37.0 Å². The minimum atomic E-state index is -2.98. The lowest BCUT2D eigenvalue weighted by Gasteiger charge is -2.28. The molecule has 2 atom stereocenters. The molecule has 0 saturated carbocycles. The summed E-state index contributed by atoms with van der Waals surface area (Å²) in [6.45, 7) is 0.265. The first-order valence-corrected chi connectivity index (χ1v) is 12.0. The molecule has 0 radical (unpaired) electrons. The maximum atomic E-state index is 13.3. The predicted octanol–water partition coefficient (Wildman–Crippen LogP) is 4.37. The Kier molecular flexibility index (Phi) is 5.27. The highest BCUT2D eigenvalue weighted by Crippen LogP contribution is 2.49. The topological polar surface area (TPSA) is 93.4 Å². The van der Waals surface area contributed by atoms with Crippen LogP contribution in [0.4, 0.5) is 8.78 Å². The Labute approximate surface area is 211 Å². The first-order valence-electron chi connectivity index (χ1n) is 12.0. The van der Waals surface area contributed by atoms with Crippen molar-refractivity contribution in [3.8, 4) is 16.9 Å². The Balaban J connectivity index is 1.53. The van der Waals surface area contributed by atoms with Crippen LogP contribution in [0.3, 0.4) is 0 Å². The molecule has 8 nitrogen and oxygen atoms in total. The van der Waals surface area contributed by atoms with Gasteiger partial charge in [-0.2, -0.15) is 8.78 Å². The predicted molar refractivity (Wildman–Crippen MR) is 131 cm³/mol. The fourth-order valence-electron chi connectivity index (χ4n) is 5.43. The van der Waals surface area contributed by atoms with Crippen molar-refractivity contribution in [1.82, 2.24) is 24.4 Å². The maximum Gasteiger partial charge on any atom is 0.387 e. The number of rotatable bonds is 4. The molecule has 1 amide bonds. The second kappa shape index (κ2) is 8.31. The molecule has 2 aliphatic heterocycles. The fourth-order valence-corrected chi connectivity index (χ4v) is 5.43. The third-order valence-corrected chi connectivity index (χ3v) is 7.21. The van der Waals surface area contributed by atoms with Crippen LogP contribution in [-0.2, 0) is 16.8 Å². The third-order valence-electron chi connectivity index (χ3n) is 7.21. The van der Waals surface area contributed by atoms with Crippen molar-refractivity contribution in [2.24, 2.45) is 0 Å². The summed E-state index contributed by atoms with van der Waals surface area (Å²) in [6.07, 6.45) is 3.92. The molecule has 2 bridgehead atoms. The van der Waals surface area contributed by atoms with Crippen LogP contribution in [0.5, 0.6) is 5.75 Å². The number of hydrogen-bond donors (Lipinski definition) is 1. The number of fused-ring (bicyclic) bond motifs is 9. The summed E-state index contributed by atoms with van der Waals surface area (Å²) >= 11 is 0. The number of carbonyl (C=O) groups is 1. The molecule has 10 heteroatoms. The summed E-state index contributed by atoms with van der Waals surface area (Å²) in [7, 11) is 1.76. The summed E-state index contributed by atoms with van der Waals surface area (Å²) in [5, 5.41) is 10.2. The zero-order valence-electron chi connectivity index (χ0n) is 20.5. The number of halogens is 2. The van der Waals surface area contributed by atoms with Gasteiger partial charge in [0.15, 0.2) is 5.82 Å². The molecule has 4 aromatic rings. The summed E-state index contributed by atoms with van der Waals surface area (Å²) in [5.41, 5.74) is 3.25. The van der Waals surface area contributed by atoms with E-state index in [-0.39, 0.29) is 30.2 Å². The highest BCUT2D eigenvalue weighted by atomic mass is 19.3. The Morgan fingerprint density at radius 2 is 1.86 bits per heavy atom. The normalized spacial score (nSPS) is 19.1.